The highest BCUT2D eigenvalue weighted by molar-refractivity contribution is 5.73. The molecule has 4 heteroatoms. The van der Waals surface area contributed by atoms with Crippen molar-refractivity contribution in [3.8, 4) is 0 Å². The summed E-state index contributed by atoms with van der Waals surface area (Å²) >= 11 is 0. The second-order valence-corrected chi connectivity index (χ2v) is 7.32. The van der Waals surface area contributed by atoms with Gasteiger partial charge in [-0.25, -0.2) is 0 Å². The van der Waals surface area contributed by atoms with Gasteiger partial charge < -0.3 is 9.47 Å². The molecular formula is C20H36O4. The zero-order valence-electron chi connectivity index (χ0n) is 16.0. The Balaban J connectivity index is 2.52. The third-order valence-electron chi connectivity index (χ3n) is 4.96. The van der Waals surface area contributed by atoms with Crippen molar-refractivity contribution in [3.63, 3.8) is 0 Å². The van der Waals surface area contributed by atoms with Crippen LogP contribution in [0.1, 0.15) is 91.9 Å². The molecule has 0 amide bonds. The molecule has 0 spiro atoms. The first-order valence-electron chi connectivity index (χ1n) is 9.90. The van der Waals surface area contributed by atoms with E-state index in [-0.39, 0.29) is 36.0 Å². The predicted octanol–water partition coefficient (Wildman–Crippen LogP) is 5.04. The van der Waals surface area contributed by atoms with E-state index in [0.717, 1.165) is 64.2 Å². The molecule has 1 aliphatic carbocycles. The smallest absolute Gasteiger partial charge is 0.309 e. The summed E-state index contributed by atoms with van der Waals surface area (Å²) in [5.74, 6) is -0.440. The third-order valence-corrected chi connectivity index (χ3v) is 4.96. The van der Waals surface area contributed by atoms with E-state index in [0.29, 0.717) is 0 Å². The van der Waals surface area contributed by atoms with Gasteiger partial charge in [-0.3, -0.25) is 9.59 Å². The molecule has 0 radical (unpaired) electrons. The number of carbonyl (C=O) groups excluding carboxylic acids is 2. The SMILES string of the molecule is CCCCC(C)C(=O)OC1CCCCC1OC(=O)C(C)CCCC. The summed E-state index contributed by atoms with van der Waals surface area (Å²) < 4.78 is 11.4. The molecule has 4 atom stereocenters. The lowest BCUT2D eigenvalue weighted by Gasteiger charge is -2.32. The van der Waals surface area contributed by atoms with Gasteiger partial charge in [-0.2, -0.15) is 0 Å². The maximum Gasteiger partial charge on any atom is 0.309 e. The summed E-state index contributed by atoms with van der Waals surface area (Å²) in [7, 11) is 0. The number of ether oxygens (including phenoxy) is 2. The minimum atomic E-state index is -0.266. The zero-order valence-corrected chi connectivity index (χ0v) is 16.0. The quantitative estimate of drug-likeness (QED) is 0.523. The minimum Gasteiger partial charge on any atom is -0.458 e. The first-order chi connectivity index (χ1) is 11.5. The number of esters is 2. The van der Waals surface area contributed by atoms with E-state index in [1.54, 1.807) is 0 Å². The van der Waals surface area contributed by atoms with Crippen LogP contribution in [-0.4, -0.2) is 24.1 Å². The fourth-order valence-corrected chi connectivity index (χ4v) is 3.12. The van der Waals surface area contributed by atoms with E-state index in [1.807, 2.05) is 13.8 Å². The van der Waals surface area contributed by atoms with Crippen LogP contribution in [0.2, 0.25) is 0 Å². The average Bonchev–Trinajstić information content (AvgIpc) is 2.58. The Hall–Kier alpha value is -1.06. The van der Waals surface area contributed by atoms with Crippen molar-refractivity contribution in [3.05, 3.63) is 0 Å². The highest BCUT2D eigenvalue weighted by Gasteiger charge is 2.33. The summed E-state index contributed by atoms with van der Waals surface area (Å²) in [6.45, 7) is 8.09. The van der Waals surface area contributed by atoms with Crippen LogP contribution >= 0.6 is 0 Å². The summed E-state index contributed by atoms with van der Waals surface area (Å²) in [5, 5.41) is 0. The Kier molecular flexibility index (Phi) is 10.0. The first kappa shape index (κ1) is 21.0. The second-order valence-electron chi connectivity index (χ2n) is 7.32. The molecule has 140 valence electrons. The Bertz CT molecular complexity index is 344. The molecular weight excluding hydrogens is 304 g/mol. The van der Waals surface area contributed by atoms with Crippen molar-refractivity contribution >= 4 is 11.9 Å². The highest BCUT2D eigenvalue weighted by Crippen LogP contribution is 2.26. The lowest BCUT2D eigenvalue weighted by atomic mass is 9.94. The molecule has 1 saturated carbocycles. The van der Waals surface area contributed by atoms with Gasteiger partial charge in [0.1, 0.15) is 12.2 Å². The normalized spacial score (nSPS) is 23.3. The molecule has 0 heterocycles. The standard InChI is InChI=1S/C20H36O4/c1-5-7-11-15(3)19(21)23-17-13-9-10-14-18(17)24-20(22)16(4)12-8-6-2/h15-18H,5-14H2,1-4H3. The van der Waals surface area contributed by atoms with Crippen LogP contribution in [0, 0.1) is 11.8 Å². The van der Waals surface area contributed by atoms with Crippen molar-refractivity contribution < 1.29 is 19.1 Å². The monoisotopic (exact) mass is 340 g/mol. The lowest BCUT2D eigenvalue weighted by molar-refractivity contribution is -0.176. The molecule has 4 unspecified atom stereocenters. The first-order valence-corrected chi connectivity index (χ1v) is 9.90. The highest BCUT2D eigenvalue weighted by atomic mass is 16.6. The van der Waals surface area contributed by atoms with Crippen molar-refractivity contribution in [1.82, 2.24) is 0 Å². The molecule has 0 saturated heterocycles. The second kappa shape index (κ2) is 11.5. The summed E-state index contributed by atoms with van der Waals surface area (Å²) in [6, 6.07) is 0. The number of hydrogen-bond donors (Lipinski definition) is 0. The molecule has 0 N–H and O–H groups in total. The average molecular weight is 341 g/mol. The molecule has 0 aromatic rings. The molecule has 24 heavy (non-hydrogen) atoms. The van der Waals surface area contributed by atoms with Crippen LogP contribution in [0.15, 0.2) is 0 Å². The Morgan fingerprint density at radius 3 is 1.54 bits per heavy atom. The largest absolute Gasteiger partial charge is 0.458 e. The zero-order chi connectivity index (χ0) is 17.9. The fourth-order valence-electron chi connectivity index (χ4n) is 3.12. The van der Waals surface area contributed by atoms with Gasteiger partial charge in [0, 0.05) is 0 Å². The van der Waals surface area contributed by atoms with Crippen molar-refractivity contribution in [2.24, 2.45) is 11.8 Å². The molecule has 0 aromatic heterocycles. The fraction of sp³-hybridized carbons (Fsp3) is 0.900. The van der Waals surface area contributed by atoms with Crippen molar-refractivity contribution in [1.29, 1.82) is 0 Å². The van der Waals surface area contributed by atoms with Crippen molar-refractivity contribution in [2.75, 3.05) is 0 Å². The van der Waals surface area contributed by atoms with Crippen LogP contribution in [0.5, 0.6) is 0 Å². The Labute approximate surface area is 147 Å². The van der Waals surface area contributed by atoms with Crippen LogP contribution in [-0.2, 0) is 19.1 Å². The van der Waals surface area contributed by atoms with Gasteiger partial charge in [0.2, 0.25) is 0 Å². The van der Waals surface area contributed by atoms with Crippen LogP contribution < -0.4 is 0 Å². The van der Waals surface area contributed by atoms with E-state index in [1.165, 1.54) is 0 Å². The van der Waals surface area contributed by atoms with Gasteiger partial charge in [-0.1, -0.05) is 53.4 Å². The molecule has 4 nitrogen and oxygen atoms in total. The Morgan fingerprint density at radius 2 is 1.21 bits per heavy atom. The van der Waals surface area contributed by atoms with E-state index in [9.17, 15) is 9.59 Å². The van der Waals surface area contributed by atoms with Gasteiger partial charge in [-0.15, -0.1) is 0 Å². The van der Waals surface area contributed by atoms with Gasteiger partial charge in [0.05, 0.1) is 11.8 Å². The Morgan fingerprint density at radius 1 is 0.833 bits per heavy atom. The van der Waals surface area contributed by atoms with E-state index < -0.39 is 0 Å². The summed E-state index contributed by atoms with van der Waals surface area (Å²) in [5.41, 5.74) is 0. The summed E-state index contributed by atoms with van der Waals surface area (Å²) in [4.78, 5) is 24.5. The molecule has 0 aromatic carbocycles. The molecule has 1 aliphatic rings. The van der Waals surface area contributed by atoms with Crippen LogP contribution in [0.4, 0.5) is 0 Å². The number of hydrogen-bond acceptors (Lipinski definition) is 4. The van der Waals surface area contributed by atoms with Gasteiger partial charge in [-0.05, 0) is 38.5 Å². The maximum atomic E-state index is 12.3. The van der Waals surface area contributed by atoms with E-state index in [4.69, 9.17) is 9.47 Å². The predicted molar refractivity (Wildman–Crippen MR) is 95.6 cm³/mol. The summed E-state index contributed by atoms with van der Waals surface area (Å²) in [6.07, 6.45) is 9.08. The molecule has 1 rings (SSSR count). The van der Waals surface area contributed by atoms with Crippen molar-refractivity contribution in [2.45, 2.75) is 104 Å². The topological polar surface area (TPSA) is 52.6 Å². The molecule has 0 aliphatic heterocycles. The van der Waals surface area contributed by atoms with Gasteiger partial charge in [0.15, 0.2) is 0 Å². The van der Waals surface area contributed by atoms with E-state index in [2.05, 4.69) is 13.8 Å². The maximum absolute atomic E-state index is 12.3. The molecule has 1 fully saturated rings. The lowest BCUT2D eigenvalue weighted by Crippen LogP contribution is -2.39. The van der Waals surface area contributed by atoms with Crippen LogP contribution in [0.25, 0.3) is 0 Å². The van der Waals surface area contributed by atoms with E-state index >= 15 is 0 Å². The van der Waals surface area contributed by atoms with Crippen LogP contribution in [0.3, 0.4) is 0 Å². The minimum absolute atomic E-state index is 0.0771. The van der Waals surface area contributed by atoms with Gasteiger partial charge in [0.25, 0.3) is 0 Å². The number of carbonyl (C=O) groups is 2. The third kappa shape index (κ3) is 7.23. The number of rotatable bonds is 10. The molecule has 0 bridgehead atoms. The van der Waals surface area contributed by atoms with Gasteiger partial charge >= 0.3 is 11.9 Å². The number of unbranched alkanes of at least 4 members (excludes halogenated alkanes) is 2.